The van der Waals surface area contributed by atoms with Crippen molar-refractivity contribution in [3.63, 3.8) is 0 Å². The van der Waals surface area contributed by atoms with E-state index < -0.39 is 0 Å². The van der Waals surface area contributed by atoms with E-state index in [1.165, 1.54) is 44.4 Å². The van der Waals surface area contributed by atoms with Gasteiger partial charge in [-0.3, -0.25) is 4.79 Å². The third-order valence-electron chi connectivity index (χ3n) is 5.38. The minimum atomic E-state index is -0.285. The average Bonchev–Trinajstić information content (AvgIpc) is 2.82. The molecule has 0 atom stereocenters. The van der Waals surface area contributed by atoms with Crippen LogP contribution in [-0.2, 0) is 0 Å². The minimum absolute atomic E-state index is 0. The predicted molar refractivity (Wildman–Crippen MR) is 89.1 cm³/mol. The number of rotatable bonds is 5. The highest BCUT2D eigenvalue weighted by atomic mass is 35.5. The molecular formula is C18H25ClFNO. The molecule has 1 aromatic rings. The predicted octanol–water partition coefficient (Wildman–Crippen LogP) is 4.38. The highest BCUT2D eigenvalue weighted by Crippen LogP contribution is 2.44. The second kappa shape index (κ2) is 7.56. The summed E-state index contributed by atoms with van der Waals surface area (Å²) in [6, 6.07) is 5.91. The van der Waals surface area contributed by atoms with Crippen molar-refractivity contribution >= 4 is 18.2 Å². The Kier molecular flexibility index (Phi) is 5.99. The van der Waals surface area contributed by atoms with Gasteiger partial charge in [0.25, 0.3) is 0 Å². The van der Waals surface area contributed by atoms with Crippen LogP contribution in [0.4, 0.5) is 4.39 Å². The normalized spacial score (nSPS) is 27.0. The molecule has 1 aromatic carbocycles. The van der Waals surface area contributed by atoms with Crippen LogP contribution in [0.3, 0.4) is 0 Å². The molecular weight excluding hydrogens is 301 g/mol. The van der Waals surface area contributed by atoms with Gasteiger partial charge in [-0.15, -0.1) is 12.4 Å². The molecule has 4 heteroatoms. The summed E-state index contributed by atoms with van der Waals surface area (Å²) in [6.07, 6.45) is 7.99. The topological polar surface area (TPSA) is 29.1 Å². The van der Waals surface area contributed by atoms with Crippen LogP contribution in [0.2, 0.25) is 0 Å². The molecule has 1 aliphatic carbocycles. The van der Waals surface area contributed by atoms with Gasteiger partial charge in [0.2, 0.25) is 0 Å². The first-order chi connectivity index (χ1) is 10.2. The maximum Gasteiger partial charge on any atom is 0.162 e. The van der Waals surface area contributed by atoms with E-state index in [4.69, 9.17) is 0 Å². The van der Waals surface area contributed by atoms with Crippen LogP contribution in [0.15, 0.2) is 24.3 Å². The van der Waals surface area contributed by atoms with Crippen molar-refractivity contribution in [1.29, 1.82) is 0 Å². The van der Waals surface area contributed by atoms with E-state index >= 15 is 0 Å². The highest BCUT2D eigenvalue weighted by Gasteiger charge is 2.37. The molecule has 2 heterocycles. The van der Waals surface area contributed by atoms with Gasteiger partial charge in [0.1, 0.15) is 5.82 Å². The van der Waals surface area contributed by atoms with Crippen molar-refractivity contribution in [3.05, 3.63) is 35.6 Å². The molecule has 2 bridgehead atoms. The molecule has 3 fully saturated rings. The maximum absolute atomic E-state index is 12.9. The van der Waals surface area contributed by atoms with Crippen LogP contribution in [0.1, 0.15) is 55.3 Å². The van der Waals surface area contributed by atoms with Crippen LogP contribution in [0.5, 0.6) is 0 Å². The Morgan fingerprint density at radius 2 is 1.91 bits per heavy atom. The molecule has 4 rings (SSSR count). The number of halogens is 2. The second-order valence-electron chi connectivity index (χ2n) is 6.86. The maximum atomic E-state index is 12.9. The summed E-state index contributed by atoms with van der Waals surface area (Å²) in [5.41, 5.74) is 1.06. The van der Waals surface area contributed by atoms with Crippen LogP contribution in [-0.4, -0.2) is 18.9 Å². The Bertz CT molecular complexity index is 489. The van der Waals surface area contributed by atoms with Gasteiger partial charge in [-0.25, -0.2) is 4.39 Å². The van der Waals surface area contributed by atoms with E-state index in [1.54, 1.807) is 12.1 Å². The lowest BCUT2D eigenvalue weighted by molar-refractivity contribution is 0.0965. The molecule has 0 aromatic heterocycles. The Morgan fingerprint density at radius 3 is 2.59 bits per heavy atom. The van der Waals surface area contributed by atoms with Crippen molar-refractivity contribution in [3.8, 4) is 0 Å². The molecule has 2 nitrogen and oxygen atoms in total. The van der Waals surface area contributed by atoms with E-state index in [0.717, 1.165) is 25.3 Å². The first-order valence-corrected chi connectivity index (χ1v) is 8.16. The number of Topliss-reactive ketones (excluding diaryl/α,β-unsaturated/α-hetero) is 1. The number of fused-ring (bicyclic) bond motifs is 4. The summed E-state index contributed by atoms with van der Waals surface area (Å²) in [7, 11) is 0. The Morgan fingerprint density at radius 1 is 1.23 bits per heavy atom. The van der Waals surface area contributed by atoms with E-state index in [-0.39, 0.29) is 24.0 Å². The highest BCUT2D eigenvalue weighted by molar-refractivity contribution is 5.95. The molecule has 122 valence electrons. The molecule has 0 amide bonds. The number of benzene rings is 1. The van der Waals surface area contributed by atoms with Gasteiger partial charge in [-0.1, -0.05) is 0 Å². The fraction of sp³-hybridized carbons (Fsp3) is 0.611. The van der Waals surface area contributed by atoms with E-state index in [9.17, 15) is 9.18 Å². The Labute approximate surface area is 138 Å². The standard InChI is InChI=1S/C18H24FNO.ClH/c19-16-5-3-15(4-6-16)17(21)2-1-9-18-10-7-14(8-11-18)12-20-13-18;/h3-6,14,20H,1-2,7-13H2;1H. The van der Waals surface area contributed by atoms with Crippen molar-refractivity contribution in [2.24, 2.45) is 11.3 Å². The fourth-order valence-corrected chi connectivity index (χ4v) is 3.95. The fourth-order valence-electron chi connectivity index (χ4n) is 3.95. The second-order valence-corrected chi connectivity index (χ2v) is 6.86. The van der Waals surface area contributed by atoms with Crippen molar-refractivity contribution in [2.75, 3.05) is 13.1 Å². The van der Waals surface area contributed by atoms with Crippen molar-refractivity contribution in [2.45, 2.75) is 44.9 Å². The number of carbonyl (C=O) groups excluding carboxylic acids is 1. The molecule has 0 spiro atoms. The number of carbonyl (C=O) groups is 1. The molecule has 1 N–H and O–H groups in total. The van der Waals surface area contributed by atoms with Gasteiger partial charge in [-0.2, -0.15) is 0 Å². The number of hydrogen-bond donors (Lipinski definition) is 1. The zero-order chi connectivity index (χ0) is 14.7. The summed E-state index contributed by atoms with van der Waals surface area (Å²) in [5, 5.41) is 3.60. The number of nitrogens with one attached hydrogen (secondary N) is 1. The monoisotopic (exact) mass is 325 g/mol. The van der Waals surface area contributed by atoms with Gasteiger partial charge < -0.3 is 5.32 Å². The van der Waals surface area contributed by atoms with Gasteiger partial charge in [-0.05, 0) is 80.7 Å². The van der Waals surface area contributed by atoms with Gasteiger partial charge in [0.05, 0.1) is 0 Å². The van der Waals surface area contributed by atoms with Crippen molar-refractivity contribution < 1.29 is 9.18 Å². The quantitative estimate of drug-likeness (QED) is 0.814. The smallest absolute Gasteiger partial charge is 0.162 e. The van der Waals surface area contributed by atoms with Gasteiger partial charge >= 0.3 is 0 Å². The molecule has 1 saturated carbocycles. The molecule has 2 saturated heterocycles. The molecule has 22 heavy (non-hydrogen) atoms. The minimum Gasteiger partial charge on any atom is -0.316 e. The average molecular weight is 326 g/mol. The molecule has 0 unspecified atom stereocenters. The van der Waals surface area contributed by atoms with E-state index in [1.807, 2.05) is 0 Å². The summed E-state index contributed by atoms with van der Waals surface area (Å²) >= 11 is 0. The van der Waals surface area contributed by atoms with Crippen LogP contribution in [0, 0.1) is 17.2 Å². The van der Waals surface area contributed by atoms with Crippen LogP contribution in [0.25, 0.3) is 0 Å². The lowest BCUT2D eigenvalue weighted by Gasteiger charge is -2.36. The van der Waals surface area contributed by atoms with Crippen LogP contribution < -0.4 is 5.32 Å². The molecule has 0 radical (unpaired) electrons. The zero-order valence-corrected chi connectivity index (χ0v) is 13.8. The lowest BCUT2D eigenvalue weighted by atomic mass is 9.69. The van der Waals surface area contributed by atoms with Crippen molar-refractivity contribution in [1.82, 2.24) is 5.32 Å². The Hall–Kier alpha value is -0.930. The first-order valence-electron chi connectivity index (χ1n) is 8.16. The van der Waals surface area contributed by atoms with Gasteiger partial charge in [0.15, 0.2) is 5.78 Å². The summed E-state index contributed by atoms with van der Waals surface area (Å²) < 4.78 is 12.9. The SMILES string of the molecule is Cl.O=C(CCCC12CCC(CC1)CNC2)c1ccc(F)cc1. The third kappa shape index (κ3) is 4.08. The zero-order valence-electron chi connectivity index (χ0n) is 12.9. The van der Waals surface area contributed by atoms with Gasteiger partial charge in [0, 0.05) is 18.5 Å². The molecule has 2 aliphatic heterocycles. The number of ketones is 1. The lowest BCUT2D eigenvalue weighted by Crippen LogP contribution is -2.31. The summed E-state index contributed by atoms with van der Waals surface area (Å²) in [6.45, 7) is 2.30. The largest absolute Gasteiger partial charge is 0.316 e. The third-order valence-corrected chi connectivity index (χ3v) is 5.38. The van der Waals surface area contributed by atoms with E-state index in [0.29, 0.717) is 17.4 Å². The summed E-state index contributed by atoms with van der Waals surface area (Å²) in [4.78, 5) is 12.1. The molecule has 3 aliphatic rings. The first kappa shape index (κ1) is 17.4. The van der Waals surface area contributed by atoms with E-state index in [2.05, 4.69) is 5.32 Å². The Balaban J connectivity index is 0.00000176. The number of hydrogen-bond acceptors (Lipinski definition) is 2. The van der Waals surface area contributed by atoms with Crippen LogP contribution >= 0.6 is 12.4 Å². The summed E-state index contributed by atoms with van der Waals surface area (Å²) in [5.74, 6) is 0.731.